The number of hydrogen-bond acceptors (Lipinski definition) is 3. The van der Waals surface area contributed by atoms with Crippen molar-refractivity contribution in [3.63, 3.8) is 0 Å². The fourth-order valence-corrected chi connectivity index (χ4v) is 2.18. The fourth-order valence-electron chi connectivity index (χ4n) is 2.18. The van der Waals surface area contributed by atoms with Gasteiger partial charge in [-0.2, -0.15) is 0 Å². The van der Waals surface area contributed by atoms with E-state index in [1.165, 1.54) is 6.07 Å². The van der Waals surface area contributed by atoms with Crippen molar-refractivity contribution in [1.82, 2.24) is 10.2 Å². The minimum atomic E-state index is -2.59. The topological polar surface area (TPSA) is 35.5 Å². The third kappa shape index (κ3) is 2.76. The summed E-state index contributed by atoms with van der Waals surface area (Å²) < 4.78 is 39.6. The zero-order valence-electron chi connectivity index (χ0n) is 9.74. The van der Waals surface area contributed by atoms with Gasteiger partial charge < -0.3 is 10.4 Å². The first kappa shape index (κ1) is 13.2. The van der Waals surface area contributed by atoms with Crippen LogP contribution in [0.1, 0.15) is 11.6 Å². The molecule has 0 radical (unpaired) electrons. The lowest BCUT2D eigenvalue weighted by Gasteiger charge is -2.34. The van der Waals surface area contributed by atoms with Crippen molar-refractivity contribution >= 4 is 0 Å². The Morgan fingerprint density at radius 2 is 1.89 bits per heavy atom. The van der Waals surface area contributed by atoms with Gasteiger partial charge in [0.05, 0.1) is 6.04 Å². The van der Waals surface area contributed by atoms with Crippen LogP contribution >= 0.6 is 0 Å². The lowest BCUT2D eigenvalue weighted by atomic mass is 10.0. The average Bonchev–Trinajstić information content (AvgIpc) is 2.35. The standard InChI is InChI=1S/C12H15F3N2O/c13-9-7-8(1-2-10(9)18)11(12(14)15)17-5-3-16-4-6-17/h1-2,7,11-12,16,18H,3-6H2/t11-/m0/s1. The Balaban J connectivity index is 2.25. The molecule has 18 heavy (non-hydrogen) atoms. The molecule has 1 saturated heterocycles. The van der Waals surface area contributed by atoms with Crippen LogP contribution in [-0.2, 0) is 0 Å². The predicted octanol–water partition coefficient (Wildman–Crippen LogP) is 1.74. The van der Waals surface area contributed by atoms with Gasteiger partial charge in [0.15, 0.2) is 11.6 Å². The van der Waals surface area contributed by atoms with E-state index in [9.17, 15) is 13.2 Å². The molecule has 0 aliphatic carbocycles. The maximum Gasteiger partial charge on any atom is 0.258 e. The Labute approximate surface area is 103 Å². The molecule has 0 bridgehead atoms. The van der Waals surface area contributed by atoms with Crippen LogP contribution in [0, 0.1) is 5.82 Å². The largest absolute Gasteiger partial charge is 0.505 e. The molecule has 0 amide bonds. The van der Waals surface area contributed by atoms with Gasteiger partial charge >= 0.3 is 0 Å². The number of benzene rings is 1. The molecule has 1 aliphatic heterocycles. The normalized spacial score (nSPS) is 19.1. The van der Waals surface area contributed by atoms with Gasteiger partial charge in [0.25, 0.3) is 6.43 Å². The first-order chi connectivity index (χ1) is 8.59. The number of halogens is 3. The van der Waals surface area contributed by atoms with Crippen molar-refractivity contribution in [2.24, 2.45) is 0 Å². The molecule has 1 fully saturated rings. The highest BCUT2D eigenvalue weighted by molar-refractivity contribution is 5.30. The fraction of sp³-hybridized carbons (Fsp3) is 0.500. The molecule has 3 nitrogen and oxygen atoms in total. The van der Waals surface area contributed by atoms with Crippen molar-refractivity contribution in [2.45, 2.75) is 12.5 Å². The first-order valence-corrected chi connectivity index (χ1v) is 5.81. The van der Waals surface area contributed by atoms with Crippen LogP contribution in [-0.4, -0.2) is 42.6 Å². The number of rotatable bonds is 3. The van der Waals surface area contributed by atoms with Crippen LogP contribution in [0.25, 0.3) is 0 Å². The van der Waals surface area contributed by atoms with Gasteiger partial charge in [0, 0.05) is 26.2 Å². The molecule has 0 saturated carbocycles. The summed E-state index contributed by atoms with van der Waals surface area (Å²) in [6.45, 7) is 2.28. The molecular formula is C12H15F3N2O. The average molecular weight is 260 g/mol. The van der Waals surface area contributed by atoms with Gasteiger partial charge in [0.2, 0.25) is 0 Å². The monoisotopic (exact) mass is 260 g/mol. The number of nitrogens with zero attached hydrogens (tertiary/aromatic N) is 1. The van der Waals surface area contributed by atoms with E-state index < -0.39 is 24.0 Å². The molecule has 1 heterocycles. The molecule has 2 N–H and O–H groups in total. The van der Waals surface area contributed by atoms with E-state index in [4.69, 9.17) is 5.11 Å². The van der Waals surface area contributed by atoms with Crippen molar-refractivity contribution in [1.29, 1.82) is 0 Å². The summed E-state index contributed by atoms with van der Waals surface area (Å²) in [5, 5.41) is 12.2. The number of hydrogen-bond donors (Lipinski definition) is 2. The highest BCUT2D eigenvalue weighted by atomic mass is 19.3. The summed E-state index contributed by atoms with van der Waals surface area (Å²) in [5.74, 6) is -1.39. The van der Waals surface area contributed by atoms with Crippen LogP contribution < -0.4 is 5.32 Å². The maximum absolute atomic E-state index is 13.2. The third-order valence-electron chi connectivity index (χ3n) is 3.10. The van der Waals surface area contributed by atoms with E-state index in [0.29, 0.717) is 26.2 Å². The Morgan fingerprint density at radius 1 is 1.22 bits per heavy atom. The summed E-state index contributed by atoms with van der Waals surface area (Å²) in [7, 11) is 0. The number of phenols is 1. The molecule has 2 rings (SSSR count). The van der Waals surface area contributed by atoms with Crippen LogP contribution in [0.3, 0.4) is 0 Å². The Morgan fingerprint density at radius 3 is 2.44 bits per heavy atom. The maximum atomic E-state index is 13.2. The van der Waals surface area contributed by atoms with Crippen LogP contribution in [0.2, 0.25) is 0 Å². The number of piperazine rings is 1. The van der Waals surface area contributed by atoms with Gasteiger partial charge in [0.1, 0.15) is 0 Å². The smallest absolute Gasteiger partial charge is 0.258 e. The number of alkyl halides is 2. The number of aromatic hydroxyl groups is 1. The van der Waals surface area contributed by atoms with Crippen LogP contribution in [0.5, 0.6) is 5.75 Å². The number of phenolic OH excluding ortho intramolecular Hbond substituents is 1. The molecule has 1 aromatic rings. The van der Waals surface area contributed by atoms with Gasteiger partial charge in [-0.05, 0) is 17.7 Å². The van der Waals surface area contributed by atoms with E-state index in [2.05, 4.69) is 5.32 Å². The van der Waals surface area contributed by atoms with Gasteiger partial charge in [-0.3, -0.25) is 4.90 Å². The molecule has 0 unspecified atom stereocenters. The van der Waals surface area contributed by atoms with E-state index in [-0.39, 0.29) is 5.56 Å². The van der Waals surface area contributed by atoms with E-state index in [1.54, 1.807) is 4.90 Å². The molecule has 6 heteroatoms. The molecule has 1 aromatic carbocycles. The minimum Gasteiger partial charge on any atom is -0.505 e. The molecular weight excluding hydrogens is 245 g/mol. The number of nitrogens with one attached hydrogen (secondary N) is 1. The summed E-state index contributed by atoms with van der Waals surface area (Å²) >= 11 is 0. The van der Waals surface area contributed by atoms with Crippen molar-refractivity contribution in [3.05, 3.63) is 29.6 Å². The molecule has 0 aromatic heterocycles. The Hall–Kier alpha value is -1.27. The minimum absolute atomic E-state index is 0.196. The van der Waals surface area contributed by atoms with Crippen molar-refractivity contribution in [3.8, 4) is 5.75 Å². The van der Waals surface area contributed by atoms with E-state index >= 15 is 0 Å². The van der Waals surface area contributed by atoms with Crippen molar-refractivity contribution < 1.29 is 18.3 Å². The van der Waals surface area contributed by atoms with Gasteiger partial charge in [-0.15, -0.1) is 0 Å². The summed E-state index contributed by atoms with van der Waals surface area (Å²) in [6.07, 6.45) is -2.59. The second kappa shape index (κ2) is 5.58. The molecule has 1 atom stereocenters. The van der Waals surface area contributed by atoms with Crippen LogP contribution in [0.15, 0.2) is 18.2 Å². The van der Waals surface area contributed by atoms with Crippen LogP contribution in [0.4, 0.5) is 13.2 Å². The first-order valence-electron chi connectivity index (χ1n) is 5.81. The third-order valence-corrected chi connectivity index (χ3v) is 3.10. The lowest BCUT2D eigenvalue weighted by molar-refractivity contribution is 0.0180. The second-order valence-electron chi connectivity index (χ2n) is 4.28. The summed E-state index contributed by atoms with van der Waals surface area (Å²) in [4.78, 5) is 1.63. The lowest BCUT2D eigenvalue weighted by Crippen LogP contribution is -2.46. The molecule has 1 aliphatic rings. The quantitative estimate of drug-likeness (QED) is 0.869. The summed E-state index contributed by atoms with van der Waals surface area (Å²) in [5.41, 5.74) is 0.196. The van der Waals surface area contributed by atoms with Gasteiger partial charge in [-0.1, -0.05) is 6.07 Å². The highest BCUT2D eigenvalue weighted by Crippen LogP contribution is 2.30. The predicted molar refractivity (Wildman–Crippen MR) is 61.3 cm³/mol. The second-order valence-corrected chi connectivity index (χ2v) is 4.28. The summed E-state index contributed by atoms with van der Waals surface area (Å²) in [6, 6.07) is 2.32. The highest BCUT2D eigenvalue weighted by Gasteiger charge is 2.30. The Bertz CT molecular complexity index is 408. The zero-order chi connectivity index (χ0) is 13.1. The zero-order valence-corrected chi connectivity index (χ0v) is 9.74. The molecule has 100 valence electrons. The SMILES string of the molecule is Oc1ccc([C@@H](C(F)F)N2CCNCC2)cc1F. The van der Waals surface area contributed by atoms with E-state index in [1.807, 2.05) is 0 Å². The van der Waals surface area contributed by atoms with Crippen molar-refractivity contribution in [2.75, 3.05) is 26.2 Å². The Kier molecular flexibility index (Phi) is 4.08. The molecule has 0 spiro atoms. The van der Waals surface area contributed by atoms with E-state index in [0.717, 1.165) is 12.1 Å². The van der Waals surface area contributed by atoms with Gasteiger partial charge in [-0.25, -0.2) is 13.2 Å².